The third-order valence-corrected chi connectivity index (χ3v) is 5.14. The molecule has 0 spiro atoms. The molecule has 13 nitrogen and oxygen atoms in total. The minimum Gasteiger partial charge on any atom is -0.481 e. The molecule has 1 aromatic carbocycles. The van der Waals surface area contributed by atoms with Gasteiger partial charge in [0.25, 0.3) is 0 Å². The van der Waals surface area contributed by atoms with Crippen LogP contribution in [0.1, 0.15) is 31.2 Å². The molecular formula is C22H31N7O6. The van der Waals surface area contributed by atoms with Crippen LogP contribution in [0.25, 0.3) is 0 Å². The largest absolute Gasteiger partial charge is 0.481 e. The van der Waals surface area contributed by atoms with Gasteiger partial charge in [0.2, 0.25) is 23.6 Å². The predicted molar refractivity (Wildman–Crippen MR) is 126 cm³/mol. The molecular weight excluding hydrogens is 458 g/mol. The fourth-order valence-electron chi connectivity index (χ4n) is 3.51. The highest BCUT2D eigenvalue weighted by molar-refractivity contribution is 6.01. The molecule has 1 aromatic rings. The standard InChI is InChI=1S/C22H31N7O6/c23-22(24)25-8-4-7-15-20(34)26-12-14(9-13-5-2-1-3-6-13)27-21(35)16(10-19(32)33)29-18(31)11-17(30)28-15/h1-3,5-6,14-16H,4,7-12H2,(H,26,34)(H,27,35)(H,28,30)(H,29,31)(H,32,33)(H4,23,24,25)/t14-,15+,16-/m1/s1. The Hall–Kier alpha value is -4.16. The summed E-state index contributed by atoms with van der Waals surface area (Å²) in [5.41, 5.74) is 11.5. The van der Waals surface area contributed by atoms with Gasteiger partial charge in [-0.05, 0) is 24.8 Å². The normalized spacial score (nSPS) is 21.7. The molecule has 2 rings (SSSR count). The number of nitrogens with zero attached hydrogens (tertiary/aromatic N) is 1. The molecule has 1 aliphatic rings. The maximum absolute atomic E-state index is 12.9. The first-order valence-corrected chi connectivity index (χ1v) is 11.1. The molecule has 3 atom stereocenters. The zero-order valence-corrected chi connectivity index (χ0v) is 19.2. The highest BCUT2D eigenvalue weighted by Crippen LogP contribution is 2.06. The quantitative estimate of drug-likeness (QED) is 0.0911. The van der Waals surface area contributed by atoms with Crippen LogP contribution < -0.4 is 32.7 Å². The number of nitrogens with two attached hydrogens (primary N) is 2. The second kappa shape index (κ2) is 13.5. The molecule has 190 valence electrons. The molecule has 9 N–H and O–H groups in total. The summed E-state index contributed by atoms with van der Waals surface area (Å²) in [6.07, 6.45) is -0.436. The first kappa shape index (κ1) is 27.1. The zero-order chi connectivity index (χ0) is 25.8. The van der Waals surface area contributed by atoms with Crippen LogP contribution in [-0.2, 0) is 30.4 Å². The third kappa shape index (κ3) is 10.1. The minimum atomic E-state index is -1.39. The fourth-order valence-corrected chi connectivity index (χ4v) is 3.51. The van der Waals surface area contributed by atoms with Crippen molar-refractivity contribution in [3.8, 4) is 0 Å². The first-order chi connectivity index (χ1) is 16.6. The Morgan fingerprint density at radius 2 is 1.63 bits per heavy atom. The van der Waals surface area contributed by atoms with Gasteiger partial charge in [-0.2, -0.15) is 0 Å². The lowest BCUT2D eigenvalue weighted by atomic mass is 10.0. The lowest BCUT2D eigenvalue weighted by Crippen LogP contribution is -2.54. The summed E-state index contributed by atoms with van der Waals surface area (Å²) < 4.78 is 0. The van der Waals surface area contributed by atoms with Gasteiger partial charge in [0.1, 0.15) is 18.5 Å². The van der Waals surface area contributed by atoms with E-state index in [1.54, 1.807) is 0 Å². The van der Waals surface area contributed by atoms with Crippen LogP contribution in [0.5, 0.6) is 0 Å². The average molecular weight is 490 g/mol. The minimum absolute atomic E-state index is 0.00742. The van der Waals surface area contributed by atoms with E-state index in [9.17, 15) is 29.1 Å². The maximum atomic E-state index is 12.9. The van der Waals surface area contributed by atoms with E-state index in [1.807, 2.05) is 30.3 Å². The Kier molecular flexibility index (Phi) is 10.5. The Labute approximate surface area is 202 Å². The van der Waals surface area contributed by atoms with Crippen molar-refractivity contribution in [3.63, 3.8) is 0 Å². The van der Waals surface area contributed by atoms with Crippen molar-refractivity contribution in [2.75, 3.05) is 13.1 Å². The van der Waals surface area contributed by atoms with Gasteiger partial charge in [-0.15, -0.1) is 0 Å². The molecule has 0 aliphatic carbocycles. The van der Waals surface area contributed by atoms with Crippen LogP contribution in [-0.4, -0.2) is 71.9 Å². The summed E-state index contributed by atoms with van der Waals surface area (Å²) in [6.45, 7) is 0.250. The molecule has 0 unspecified atom stereocenters. The number of guanidine groups is 1. The highest BCUT2D eigenvalue weighted by atomic mass is 16.4. The van der Waals surface area contributed by atoms with Gasteiger partial charge in [-0.25, -0.2) is 0 Å². The van der Waals surface area contributed by atoms with E-state index in [1.165, 1.54) is 0 Å². The highest BCUT2D eigenvalue weighted by Gasteiger charge is 2.29. The number of carbonyl (C=O) groups excluding carboxylic acids is 4. The summed E-state index contributed by atoms with van der Waals surface area (Å²) in [5, 5.41) is 19.4. The second-order valence-electron chi connectivity index (χ2n) is 8.10. The molecule has 4 amide bonds. The predicted octanol–water partition coefficient (Wildman–Crippen LogP) is -2.27. The molecule has 1 heterocycles. The van der Waals surface area contributed by atoms with Gasteiger partial charge in [-0.1, -0.05) is 30.3 Å². The van der Waals surface area contributed by atoms with Gasteiger partial charge in [0, 0.05) is 13.1 Å². The first-order valence-electron chi connectivity index (χ1n) is 11.1. The summed E-state index contributed by atoms with van der Waals surface area (Å²) in [6, 6.07) is 6.21. The maximum Gasteiger partial charge on any atom is 0.305 e. The van der Waals surface area contributed by atoms with Crippen LogP contribution >= 0.6 is 0 Å². The number of rotatable bonds is 8. The van der Waals surface area contributed by atoms with E-state index in [0.717, 1.165) is 5.56 Å². The van der Waals surface area contributed by atoms with Crippen LogP contribution in [0, 0.1) is 0 Å². The number of hydrogen-bond acceptors (Lipinski definition) is 6. The van der Waals surface area contributed by atoms with E-state index in [2.05, 4.69) is 26.3 Å². The van der Waals surface area contributed by atoms with Crippen molar-refractivity contribution >= 4 is 35.6 Å². The van der Waals surface area contributed by atoms with Gasteiger partial charge in [0.05, 0.1) is 12.5 Å². The van der Waals surface area contributed by atoms with E-state index in [4.69, 9.17) is 11.5 Å². The second-order valence-corrected chi connectivity index (χ2v) is 8.10. The topological polar surface area (TPSA) is 218 Å². The van der Waals surface area contributed by atoms with Crippen molar-refractivity contribution in [1.29, 1.82) is 0 Å². The Morgan fingerprint density at radius 3 is 2.26 bits per heavy atom. The van der Waals surface area contributed by atoms with E-state index >= 15 is 0 Å². The van der Waals surface area contributed by atoms with Crippen molar-refractivity contribution in [2.24, 2.45) is 16.5 Å². The Bertz CT molecular complexity index is 949. The molecule has 0 aromatic heterocycles. The Balaban J connectivity index is 2.24. The summed E-state index contributed by atoms with van der Waals surface area (Å²) >= 11 is 0. The molecule has 35 heavy (non-hydrogen) atoms. The molecule has 0 saturated carbocycles. The van der Waals surface area contributed by atoms with E-state index < -0.39 is 60.6 Å². The molecule has 0 radical (unpaired) electrons. The average Bonchev–Trinajstić information content (AvgIpc) is 2.78. The van der Waals surface area contributed by atoms with Gasteiger partial charge in [-0.3, -0.25) is 29.0 Å². The number of aliphatic imine (C=N–C) groups is 1. The van der Waals surface area contributed by atoms with Gasteiger partial charge < -0.3 is 37.8 Å². The number of hydrogen-bond donors (Lipinski definition) is 7. The van der Waals surface area contributed by atoms with Crippen LogP contribution in [0.4, 0.5) is 0 Å². The third-order valence-electron chi connectivity index (χ3n) is 5.14. The number of carboxylic acid groups (broad SMARTS) is 1. The lowest BCUT2D eigenvalue weighted by molar-refractivity contribution is -0.141. The number of carboxylic acids is 1. The van der Waals surface area contributed by atoms with Crippen molar-refractivity contribution in [1.82, 2.24) is 21.3 Å². The molecule has 1 fully saturated rings. The van der Waals surface area contributed by atoms with Crippen LogP contribution in [0.2, 0.25) is 0 Å². The van der Waals surface area contributed by atoms with Crippen molar-refractivity contribution in [3.05, 3.63) is 35.9 Å². The molecule has 1 aliphatic heterocycles. The lowest BCUT2D eigenvalue weighted by Gasteiger charge is -2.24. The number of benzene rings is 1. The van der Waals surface area contributed by atoms with Crippen molar-refractivity contribution < 1.29 is 29.1 Å². The fraction of sp³-hybridized carbons (Fsp3) is 0.455. The number of carbonyl (C=O) groups is 5. The van der Waals surface area contributed by atoms with E-state index in [0.29, 0.717) is 12.8 Å². The SMILES string of the molecule is NC(N)=NCCC[C@@H]1NC(=O)CC(=O)N[C@H](CC(=O)O)C(=O)N[C@H](Cc2ccccc2)CNC1=O. The zero-order valence-electron chi connectivity index (χ0n) is 19.2. The molecule has 1 saturated heterocycles. The van der Waals surface area contributed by atoms with Crippen LogP contribution in [0.15, 0.2) is 35.3 Å². The molecule has 0 bridgehead atoms. The number of aliphatic carboxylic acids is 1. The van der Waals surface area contributed by atoms with Crippen LogP contribution in [0.3, 0.4) is 0 Å². The van der Waals surface area contributed by atoms with Crippen molar-refractivity contribution in [2.45, 2.75) is 50.2 Å². The number of nitrogens with one attached hydrogen (secondary N) is 4. The summed E-state index contributed by atoms with van der Waals surface area (Å²) in [7, 11) is 0. The molecule has 13 heteroatoms. The Morgan fingerprint density at radius 1 is 0.971 bits per heavy atom. The summed E-state index contributed by atoms with van der Waals surface area (Å²) in [4.78, 5) is 65.5. The van der Waals surface area contributed by atoms with Gasteiger partial charge >= 0.3 is 5.97 Å². The van der Waals surface area contributed by atoms with E-state index in [-0.39, 0.29) is 25.5 Å². The summed E-state index contributed by atoms with van der Waals surface area (Å²) in [5.74, 6) is -4.23. The number of amides is 4. The smallest absolute Gasteiger partial charge is 0.305 e. The van der Waals surface area contributed by atoms with Gasteiger partial charge in [0.15, 0.2) is 5.96 Å². The monoisotopic (exact) mass is 489 g/mol.